The highest BCUT2D eigenvalue weighted by Crippen LogP contribution is 2.65. The van der Waals surface area contributed by atoms with E-state index in [0.29, 0.717) is 0 Å². The molecule has 0 heterocycles. The summed E-state index contributed by atoms with van der Waals surface area (Å²) in [5.74, 6) is -3.09. The highest BCUT2D eigenvalue weighted by Gasteiger charge is 2.17. The summed E-state index contributed by atoms with van der Waals surface area (Å²) in [5.41, 5.74) is 0. The van der Waals surface area contributed by atoms with Crippen molar-refractivity contribution in [1.29, 1.82) is 0 Å². The number of halogens is 1. The van der Waals surface area contributed by atoms with Crippen molar-refractivity contribution < 1.29 is 9.09 Å². The lowest BCUT2D eigenvalue weighted by molar-refractivity contribution is 0.470. The van der Waals surface area contributed by atoms with Gasteiger partial charge in [-0.25, -0.2) is 4.57 Å². The summed E-state index contributed by atoms with van der Waals surface area (Å²) in [4.78, 5) is 0. The van der Waals surface area contributed by atoms with Gasteiger partial charge in [-0.2, -0.15) is 0 Å². The van der Waals surface area contributed by atoms with Crippen molar-refractivity contribution in [2.75, 3.05) is 0 Å². The second-order valence-electron chi connectivity index (χ2n) is 4.38. The van der Waals surface area contributed by atoms with E-state index in [1.807, 2.05) is 12.2 Å². The van der Waals surface area contributed by atoms with E-state index in [4.69, 9.17) is 15.8 Å². The van der Waals surface area contributed by atoms with Crippen molar-refractivity contribution in [3.8, 4) is 0 Å². The Labute approximate surface area is 127 Å². The zero-order valence-corrected chi connectivity index (χ0v) is 14.5. The molecule has 2 nitrogen and oxygen atoms in total. The summed E-state index contributed by atoms with van der Waals surface area (Å²) in [6, 6.07) is 0. The van der Waals surface area contributed by atoms with Crippen LogP contribution < -0.4 is 0 Å². The summed E-state index contributed by atoms with van der Waals surface area (Å²) in [6.45, 7) is 4.34. The Bertz CT molecular complexity index is 280. The predicted octanol–water partition coefficient (Wildman–Crippen LogP) is 7.27. The van der Waals surface area contributed by atoms with E-state index in [-0.39, 0.29) is 0 Å². The summed E-state index contributed by atoms with van der Waals surface area (Å²) in [5, 5.41) is 1.79. The van der Waals surface area contributed by atoms with E-state index in [2.05, 4.69) is 13.8 Å². The van der Waals surface area contributed by atoms with Gasteiger partial charge in [0.05, 0.1) is 6.26 Å². The third-order valence-corrected chi connectivity index (χ3v) is 5.79. The van der Waals surface area contributed by atoms with E-state index >= 15 is 0 Å². The first-order chi connectivity index (χ1) is 9.12. The lowest BCUT2D eigenvalue weighted by atomic mass is 10.2. The van der Waals surface area contributed by atoms with Gasteiger partial charge in [0.25, 0.3) is 0 Å². The lowest BCUT2D eigenvalue weighted by Crippen LogP contribution is -1.73. The van der Waals surface area contributed by atoms with E-state index in [1.54, 1.807) is 5.41 Å². The molecule has 0 saturated heterocycles. The Morgan fingerprint density at radius 3 is 2.21 bits per heavy atom. The van der Waals surface area contributed by atoms with Crippen LogP contribution in [0.3, 0.4) is 0 Å². The first-order valence-electron chi connectivity index (χ1n) is 7.09. The van der Waals surface area contributed by atoms with Crippen LogP contribution in [0.4, 0.5) is 0 Å². The number of allylic oxidation sites excluding steroid dienone is 2. The van der Waals surface area contributed by atoms with Gasteiger partial charge in [0, 0.05) is 0 Å². The number of unbranched alkanes of at least 4 members (excludes halogenated alkanes) is 6. The van der Waals surface area contributed by atoms with Crippen LogP contribution in [0.5, 0.6) is 0 Å². The van der Waals surface area contributed by atoms with Gasteiger partial charge in [-0.3, -0.25) is 0 Å². The fourth-order valence-corrected chi connectivity index (χ4v) is 3.61. The minimum atomic E-state index is -3.09. The maximum Gasteiger partial charge on any atom is 0.397 e. The molecule has 1 atom stereocenters. The molecular formula is C14H26ClO2PS. The predicted molar refractivity (Wildman–Crippen MR) is 88.7 cm³/mol. The molecule has 0 aromatic carbocycles. The van der Waals surface area contributed by atoms with Gasteiger partial charge in [0.15, 0.2) is 0 Å². The quantitative estimate of drug-likeness (QED) is 0.214. The fraction of sp³-hybridized carbons (Fsp3) is 0.714. The maximum atomic E-state index is 11.8. The van der Waals surface area contributed by atoms with Crippen molar-refractivity contribution in [2.45, 2.75) is 65.2 Å². The smallest absolute Gasteiger partial charge is 0.397 e. The summed E-state index contributed by atoms with van der Waals surface area (Å²) in [7, 11) is 0. The Balaban J connectivity index is 3.70. The maximum absolute atomic E-state index is 11.8. The van der Waals surface area contributed by atoms with Crippen LogP contribution in [0.2, 0.25) is 0 Å². The molecular weight excluding hydrogens is 299 g/mol. The van der Waals surface area contributed by atoms with Crippen molar-refractivity contribution >= 4 is 28.5 Å². The Morgan fingerprint density at radius 1 is 1.05 bits per heavy atom. The van der Waals surface area contributed by atoms with Gasteiger partial charge in [-0.1, -0.05) is 45.6 Å². The Morgan fingerprint density at radius 2 is 1.63 bits per heavy atom. The van der Waals surface area contributed by atoms with Crippen molar-refractivity contribution in [3.05, 3.63) is 23.8 Å². The van der Waals surface area contributed by atoms with Gasteiger partial charge >= 0.3 is 5.92 Å². The average Bonchev–Trinajstić information content (AvgIpc) is 2.38. The molecule has 0 radical (unpaired) electrons. The third-order valence-electron chi connectivity index (χ3n) is 2.51. The third kappa shape index (κ3) is 14.4. The lowest BCUT2D eigenvalue weighted by Gasteiger charge is -2.05. The minimum Gasteiger partial charge on any atom is -0.434 e. The summed E-state index contributed by atoms with van der Waals surface area (Å²) >= 11 is 6.88. The second kappa shape index (κ2) is 13.1. The van der Waals surface area contributed by atoms with E-state index in [9.17, 15) is 4.57 Å². The second-order valence-corrected chi connectivity index (χ2v) is 9.94. The van der Waals surface area contributed by atoms with E-state index in [0.717, 1.165) is 30.6 Å². The highest BCUT2D eigenvalue weighted by molar-refractivity contribution is 8.65. The van der Waals surface area contributed by atoms with Gasteiger partial charge in [0.1, 0.15) is 0 Å². The molecule has 0 aliphatic rings. The molecule has 1 unspecified atom stereocenters. The highest BCUT2D eigenvalue weighted by atomic mass is 35.7. The molecule has 0 saturated carbocycles. The van der Waals surface area contributed by atoms with Gasteiger partial charge in [0.2, 0.25) is 0 Å². The number of hydrogen-bond donors (Lipinski definition) is 0. The fourth-order valence-electron chi connectivity index (χ4n) is 1.42. The molecule has 0 rings (SSSR count). The molecule has 0 aromatic heterocycles. The molecule has 0 N–H and O–H groups in total. The molecule has 0 spiro atoms. The molecule has 0 aromatic rings. The van der Waals surface area contributed by atoms with Crippen molar-refractivity contribution in [1.82, 2.24) is 0 Å². The number of hydrogen-bond acceptors (Lipinski definition) is 3. The van der Waals surface area contributed by atoms with Crippen LogP contribution in [0.15, 0.2) is 23.8 Å². The van der Waals surface area contributed by atoms with Crippen LogP contribution >= 0.6 is 28.5 Å². The monoisotopic (exact) mass is 324 g/mol. The SMILES string of the molecule is CCCCC/C=C/OP(=O)(Cl)S/C=C/CCCCC. The largest absolute Gasteiger partial charge is 0.434 e. The van der Waals surface area contributed by atoms with Crippen LogP contribution in [0, 0.1) is 0 Å². The van der Waals surface area contributed by atoms with Crippen LogP contribution in [-0.2, 0) is 9.09 Å². The average molecular weight is 325 g/mol. The first-order valence-corrected chi connectivity index (χ1v) is 11.1. The number of rotatable bonds is 12. The molecule has 0 aliphatic heterocycles. The van der Waals surface area contributed by atoms with Gasteiger partial charge in [-0.15, -0.1) is 0 Å². The van der Waals surface area contributed by atoms with Crippen LogP contribution in [0.1, 0.15) is 65.2 Å². The summed E-state index contributed by atoms with van der Waals surface area (Å²) < 4.78 is 16.9. The van der Waals surface area contributed by atoms with Crippen LogP contribution in [0.25, 0.3) is 0 Å². The van der Waals surface area contributed by atoms with E-state index < -0.39 is 5.92 Å². The van der Waals surface area contributed by atoms with Crippen molar-refractivity contribution in [2.24, 2.45) is 0 Å². The molecule has 5 heteroatoms. The van der Waals surface area contributed by atoms with Crippen LogP contribution in [-0.4, -0.2) is 0 Å². The molecule has 112 valence electrons. The van der Waals surface area contributed by atoms with Gasteiger partial charge < -0.3 is 4.52 Å². The molecule has 0 amide bonds. The topological polar surface area (TPSA) is 26.3 Å². The first kappa shape index (κ1) is 19.1. The van der Waals surface area contributed by atoms with Crippen molar-refractivity contribution in [3.63, 3.8) is 0 Å². The van der Waals surface area contributed by atoms with E-state index in [1.165, 1.54) is 38.4 Å². The molecule has 0 aliphatic carbocycles. The van der Waals surface area contributed by atoms with Gasteiger partial charge in [-0.05, 0) is 59.8 Å². The minimum absolute atomic E-state index is 0.947. The zero-order valence-electron chi connectivity index (χ0n) is 12.0. The Kier molecular flexibility index (Phi) is 13.3. The Hall–Kier alpha value is 0.150. The molecule has 19 heavy (non-hydrogen) atoms. The zero-order chi connectivity index (χ0) is 14.4. The normalized spacial score (nSPS) is 15.1. The molecule has 0 fully saturated rings. The standard InChI is InChI=1S/C14H26ClO2PS/c1-3-5-7-9-11-13-17-18(15,16)19-14-12-10-8-6-4-2/h11-14H,3-10H2,1-2H3/b13-11+,14-12+. The molecule has 0 bridgehead atoms. The summed E-state index contributed by atoms with van der Waals surface area (Å²) in [6.07, 6.45) is 14.4.